The number of furan rings is 1. The topological polar surface area (TPSA) is 63.3 Å². The van der Waals surface area contributed by atoms with E-state index in [1.54, 1.807) is 0 Å². The molecule has 7 rings (SSSR count). The monoisotopic (exact) mass is 849 g/mol. The molecule has 0 aliphatic heterocycles. The van der Waals surface area contributed by atoms with Gasteiger partial charge in [0.25, 0.3) is 0 Å². The van der Waals surface area contributed by atoms with E-state index in [1.165, 1.54) is 95.7 Å². The molecule has 2 fully saturated rings. The molecule has 0 atom stereocenters. The molecule has 0 bridgehead atoms. The number of benzene rings is 3. The number of ketones is 1. The van der Waals surface area contributed by atoms with Crippen LogP contribution in [0.1, 0.15) is 140 Å². The van der Waals surface area contributed by atoms with Crippen LogP contribution in [-0.2, 0) is 24.9 Å². The van der Waals surface area contributed by atoms with Gasteiger partial charge in [0.15, 0.2) is 5.78 Å². The van der Waals surface area contributed by atoms with Crippen molar-refractivity contribution in [3.8, 4) is 11.3 Å². The van der Waals surface area contributed by atoms with Gasteiger partial charge in [-0.25, -0.2) is 0 Å². The van der Waals surface area contributed by atoms with Crippen molar-refractivity contribution in [2.75, 3.05) is 0 Å². The van der Waals surface area contributed by atoms with Gasteiger partial charge in [0.1, 0.15) is 5.58 Å². The van der Waals surface area contributed by atoms with Crippen molar-refractivity contribution in [2.24, 2.45) is 11.8 Å². The summed E-state index contributed by atoms with van der Waals surface area (Å²) in [6.45, 7) is 12.6. The molecule has 0 saturated heterocycles. The summed E-state index contributed by atoms with van der Waals surface area (Å²) in [4.78, 5) is 16.3. The first-order chi connectivity index (χ1) is 23.6. The second-order valence-corrected chi connectivity index (χ2v) is 15.7. The quantitative estimate of drug-likeness (QED) is 0.0912. The first-order valence-corrected chi connectivity index (χ1v) is 18.8. The van der Waals surface area contributed by atoms with E-state index in [0.29, 0.717) is 42.4 Å². The molecule has 5 aromatic rings. The number of carbonyl (C=O) groups is 1. The smallest absolute Gasteiger partial charge is 0.159 e. The molecule has 2 aliphatic carbocycles. The fourth-order valence-corrected chi connectivity index (χ4v) is 7.99. The molecule has 3 aromatic carbocycles. The third-order valence-corrected chi connectivity index (χ3v) is 10.4. The maximum atomic E-state index is 11.2. The second kappa shape index (κ2) is 16.8. The number of pyridine rings is 1. The normalized spacial score (nSPS) is 15.8. The number of aliphatic hydroxyl groups excluding tert-OH is 1. The van der Waals surface area contributed by atoms with Crippen LogP contribution in [0.15, 0.2) is 71.0 Å². The van der Waals surface area contributed by atoms with Gasteiger partial charge in [-0.05, 0) is 88.9 Å². The molecular formula is C45H54IrNO3-. The van der Waals surface area contributed by atoms with Gasteiger partial charge >= 0.3 is 0 Å². The van der Waals surface area contributed by atoms with Gasteiger partial charge in [-0.3, -0.25) is 4.79 Å². The van der Waals surface area contributed by atoms with E-state index < -0.39 is 0 Å². The van der Waals surface area contributed by atoms with E-state index >= 15 is 0 Å². The number of nitrogens with zero attached hydrogens (tertiary/aromatic N) is 1. The largest absolute Gasteiger partial charge is 0.512 e. The fourth-order valence-electron chi connectivity index (χ4n) is 7.99. The molecule has 2 heterocycles. The zero-order valence-electron chi connectivity index (χ0n) is 30.8. The third-order valence-electron chi connectivity index (χ3n) is 10.4. The van der Waals surface area contributed by atoms with Crippen LogP contribution in [0.5, 0.6) is 0 Å². The summed E-state index contributed by atoms with van der Waals surface area (Å²) < 4.78 is 6.52. The zero-order valence-corrected chi connectivity index (χ0v) is 33.2. The van der Waals surface area contributed by atoms with E-state index in [9.17, 15) is 9.90 Å². The predicted octanol–water partition coefficient (Wildman–Crippen LogP) is 13.1. The Labute approximate surface area is 312 Å². The minimum atomic E-state index is 0. The van der Waals surface area contributed by atoms with Crippen LogP contribution in [0, 0.1) is 17.9 Å². The Morgan fingerprint density at radius 1 is 0.840 bits per heavy atom. The third kappa shape index (κ3) is 8.60. The summed E-state index contributed by atoms with van der Waals surface area (Å²) >= 11 is 0. The predicted molar refractivity (Wildman–Crippen MR) is 204 cm³/mol. The van der Waals surface area contributed by atoms with Crippen molar-refractivity contribution in [1.29, 1.82) is 0 Å². The van der Waals surface area contributed by atoms with Crippen molar-refractivity contribution < 1.29 is 34.4 Å². The van der Waals surface area contributed by atoms with Crippen LogP contribution in [-0.4, -0.2) is 15.9 Å². The van der Waals surface area contributed by atoms with Gasteiger partial charge < -0.3 is 14.5 Å². The Kier molecular flexibility index (Phi) is 12.8. The number of hydrogen-bond donors (Lipinski definition) is 1. The standard InChI is InChI=1S/C34H34NO.C11H20O2.Ir/c1-21(2)31-20-35-33(27-16-15-24(17-28(27)31)22-9-3-4-10-22)30-19-25(23-11-5-6-12-23)18-29-26-13-7-8-14-32(26)36-34(29)30;1-8(2)5-10(12)7-11(13)6-9(3)4;/h7-8,13-18,20-23H,3-6,9-12H2,1-2H3;7-9,12H,5-6H2,1-4H3;/q-1;;/b;10-7-;. The number of allylic oxidation sites excluding steroid dienone is 2. The van der Waals surface area contributed by atoms with Gasteiger partial charge in [-0.1, -0.05) is 115 Å². The van der Waals surface area contributed by atoms with Crippen molar-refractivity contribution in [2.45, 2.75) is 124 Å². The first kappa shape index (κ1) is 38.0. The Hall–Kier alpha value is -3.27. The zero-order chi connectivity index (χ0) is 34.7. The van der Waals surface area contributed by atoms with Gasteiger partial charge in [-0.15, -0.1) is 17.7 Å². The Balaban J connectivity index is 0.000000299. The first-order valence-electron chi connectivity index (χ1n) is 18.8. The molecule has 0 spiro atoms. The molecule has 50 heavy (non-hydrogen) atoms. The second-order valence-electron chi connectivity index (χ2n) is 15.7. The SMILES string of the molecule is CC(C)CC(=O)/C=C(\O)CC(C)C.CC(C)c1cnc(-c2[c-]c(C3CCCC3)cc3c2oc2ccccc23)c2ccc(C3CCCC3)cc12.[Ir]. The maximum Gasteiger partial charge on any atom is 0.159 e. The number of aliphatic hydroxyl groups is 1. The van der Waals surface area contributed by atoms with Crippen molar-refractivity contribution in [1.82, 2.24) is 4.98 Å². The summed E-state index contributed by atoms with van der Waals surface area (Å²) in [5, 5.41) is 14.3. The van der Waals surface area contributed by atoms with E-state index in [2.05, 4.69) is 74.6 Å². The van der Waals surface area contributed by atoms with Crippen LogP contribution in [0.3, 0.4) is 0 Å². The van der Waals surface area contributed by atoms with Crippen LogP contribution in [0.2, 0.25) is 0 Å². The molecule has 1 radical (unpaired) electrons. The molecule has 267 valence electrons. The van der Waals surface area contributed by atoms with E-state index in [0.717, 1.165) is 22.4 Å². The van der Waals surface area contributed by atoms with Gasteiger partial charge in [0.05, 0.1) is 11.3 Å². The maximum absolute atomic E-state index is 11.2. The minimum Gasteiger partial charge on any atom is -0.512 e. The summed E-state index contributed by atoms with van der Waals surface area (Å²) in [6.07, 6.45) is 15.1. The van der Waals surface area contributed by atoms with Crippen molar-refractivity contribution >= 4 is 38.5 Å². The van der Waals surface area contributed by atoms with Gasteiger partial charge in [0.2, 0.25) is 0 Å². The summed E-state index contributed by atoms with van der Waals surface area (Å²) in [7, 11) is 0. The number of fused-ring (bicyclic) bond motifs is 4. The van der Waals surface area contributed by atoms with Crippen LogP contribution in [0.4, 0.5) is 0 Å². The molecular weight excluding hydrogens is 795 g/mol. The number of aromatic nitrogens is 1. The molecule has 1 N–H and O–H groups in total. The molecule has 0 unspecified atom stereocenters. The minimum absolute atomic E-state index is 0. The molecule has 4 nitrogen and oxygen atoms in total. The molecule has 2 aromatic heterocycles. The Morgan fingerprint density at radius 2 is 1.50 bits per heavy atom. The van der Waals surface area contributed by atoms with Crippen LogP contribution < -0.4 is 0 Å². The number of carbonyl (C=O) groups excluding carboxylic acids is 1. The van der Waals surface area contributed by atoms with Crippen molar-refractivity contribution in [3.63, 3.8) is 0 Å². The van der Waals surface area contributed by atoms with Crippen LogP contribution >= 0.6 is 0 Å². The summed E-state index contributed by atoms with van der Waals surface area (Å²) in [5.74, 6) is 2.68. The molecule has 0 amide bonds. The van der Waals surface area contributed by atoms with Gasteiger partial charge in [0, 0.05) is 50.6 Å². The number of rotatable bonds is 9. The average molecular weight is 849 g/mol. The number of hydrogen-bond acceptors (Lipinski definition) is 4. The molecule has 5 heteroatoms. The average Bonchev–Trinajstić information content (AvgIpc) is 3.85. The Bertz CT molecular complexity index is 1950. The van der Waals surface area contributed by atoms with E-state index in [4.69, 9.17) is 9.40 Å². The van der Waals surface area contributed by atoms with E-state index in [1.807, 2.05) is 27.7 Å². The van der Waals surface area contributed by atoms with Crippen LogP contribution in [0.25, 0.3) is 44.0 Å². The van der Waals surface area contributed by atoms with Crippen molar-refractivity contribution in [3.05, 3.63) is 89.3 Å². The summed E-state index contributed by atoms with van der Waals surface area (Å²) in [5.41, 5.74) is 8.06. The van der Waals surface area contributed by atoms with E-state index in [-0.39, 0.29) is 31.6 Å². The summed E-state index contributed by atoms with van der Waals surface area (Å²) in [6, 6.07) is 21.8. The molecule has 2 saturated carbocycles. The fraction of sp³-hybridized carbons (Fsp3) is 0.467. The van der Waals surface area contributed by atoms with Gasteiger partial charge in [-0.2, -0.15) is 0 Å². The number of para-hydroxylation sites is 1. The molecule has 2 aliphatic rings. The Morgan fingerprint density at radius 3 is 2.16 bits per heavy atom.